The maximum absolute atomic E-state index is 4.56. The molecule has 0 atom stereocenters. The first kappa shape index (κ1) is 15.9. The van der Waals surface area contributed by atoms with Gasteiger partial charge in [0.25, 0.3) is 0 Å². The quantitative estimate of drug-likeness (QED) is 0.583. The van der Waals surface area contributed by atoms with Crippen molar-refractivity contribution < 1.29 is 0 Å². The van der Waals surface area contributed by atoms with Gasteiger partial charge in [-0.3, -0.25) is 9.08 Å². The highest BCUT2D eigenvalue weighted by atomic mass is 15.3. The predicted octanol–water partition coefficient (Wildman–Crippen LogP) is 2.40. The van der Waals surface area contributed by atoms with Crippen LogP contribution < -0.4 is 5.32 Å². The third kappa shape index (κ3) is 3.01. The number of anilines is 2. The summed E-state index contributed by atoms with van der Waals surface area (Å²) in [4.78, 5) is 13.4. The Morgan fingerprint density at radius 3 is 2.78 bits per heavy atom. The predicted molar refractivity (Wildman–Crippen MR) is 99.3 cm³/mol. The molecule has 0 unspecified atom stereocenters. The molecule has 0 amide bonds. The number of rotatable bonds is 5. The van der Waals surface area contributed by atoms with Gasteiger partial charge in [-0.15, -0.1) is 10.2 Å². The first-order chi connectivity index (χ1) is 13.1. The lowest BCUT2D eigenvalue weighted by atomic mass is 10.1. The van der Waals surface area contributed by atoms with E-state index in [1.165, 1.54) is 12.8 Å². The lowest BCUT2D eigenvalue weighted by Gasteiger charge is -2.07. The van der Waals surface area contributed by atoms with E-state index >= 15 is 0 Å². The summed E-state index contributed by atoms with van der Waals surface area (Å²) in [7, 11) is 1.85. The van der Waals surface area contributed by atoms with E-state index in [4.69, 9.17) is 0 Å². The van der Waals surface area contributed by atoms with Crippen molar-refractivity contribution in [2.45, 2.75) is 26.2 Å². The van der Waals surface area contributed by atoms with Gasteiger partial charge in [-0.1, -0.05) is 6.92 Å². The van der Waals surface area contributed by atoms with Gasteiger partial charge in [-0.05, 0) is 24.3 Å². The Bertz CT molecular complexity index is 1120. The van der Waals surface area contributed by atoms with Crippen LogP contribution in [0.5, 0.6) is 0 Å². The molecule has 27 heavy (non-hydrogen) atoms. The molecule has 9 heteroatoms. The Labute approximate surface area is 155 Å². The van der Waals surface area contributed by atoms with Gasteiger partial charge in [0, 0.05) is 31.8 Å². The van der Waals surface area contributed by atoms with Crippen molar-refractivity contribution in [1.82, 2.24) is 39.3 Å². The second-order valence-electron chi connectivity index (χ2n) is 7.34. The van der Waals surface area contributed by atoms with Crippen LogP contribution in [0.15, 0.2) is 36.9 Å². The minimum Gasteiger partial charge on any atom is -0.309 e. The van der Waals surface area contributed by atoms with Crippen molar-refractivity contribution in [2.24, 2.45) is 12.5 Å². The van der Waals surface area contributed by atoms with Gasteiger partial charge in [-0.25, -0.2) is 15.0 Å². The Morgan fingerprint density at radius 1 is 1.11 bits per heavy atom. The zero-order valence-corrected chi connectivity index (χ0v) is 15.2. The number of hydrogen-bond acceptors (Lipinski definition) is 7. The molecule has 0 saturated heterocycles. The number of aryl methyl sites for hydroxylation is 1. The normalized spacial score (nSPS) is 15.2. The molecule has 4 aromatic rings. The minimum atomic E-state index is 0.376. The van der Waals surface area contributed by atoms with Crippen LogP contribution in [0.2, 0.25) is 0 Å². The van der Waals surface area contributed by atoms with Crippen molar-refractivity contribution in [3.63, 3.8) is 0 Å². The van der Waals surface area contributed by atoms with E-state index in [1.807, 2.05) is 29.6 Å². The van der Waals surface area contributed by atoms with Crippen LogP contribution in [0.1, 0.15) is 25.6 Å². The Balaban J connectivity index is 1.45. The Hall–Kier alpha value is -3.36. The largest absolute Gasteiger partial charge is 0.309 e. The summed E-state index contributed by atoms with van der Waals surface area (Å²) < 4.78 is 3.68. The summed E-state index contributed by atoms with van der Waals surface area (Å²) in [6, 6.07) is 5.59. The van der Waals surface area contributed by atoms with Crippen LogP contribution in [0.4, 0.5) is 11.8 Å². The molecular formula is C18H19N9. The average molecular weight is 361 g/mol. The van der Waals surface area contributed by atoms with Crippen LogP contribution in [0.25, 0.3) is 17.0 Å². The SMILES string of the molecule is Cn1nccc1Nc1nccc(-c2cc3nnc(CC4(C)CC4)n3cn2)n1. The lowest BCUT2D eigenvalue weighted by molar-refractivity contribution is 0.546. The fourth-order valence-corrected chi connectivity index (χ4v) is 3.05. The zero-order chi connectivity index (χ0) is 18.4. The molecule has 0 aliphatic heterocycles. The van der Waals surface area contributed by atoms with E-state index < -0.39 is 0 Å². The van der Waals surface area contributed by atoms with Crippen molar-refractivity contribution >= 4 is 17.4 Å². The third-order valence-electron chi connectivity index (χ3n) is 5.04. The van der Waals surface area contributed by atoms with Crippen LogP contribution in [0, 0.1) is 5.41 Å². The molecule has 4 heterocycles. The van der Waals surface area contributed by atoms with Gasteiger partial charge in [0.05, 0.1) is 17.6 Å². The van der Waals surface area contributed by atoms with E-state index in [0.717, 1.165) is 35.1 Å². The first-order valence-electron chi connectivity index (χ1n) is 8.88. The van der Waals surface area contributed by atoms with Crippen LogP contribution in [-0.2, 0) is 13.5 Å². The zero-order valence-electron chi connectivity index (χ0n) is 15.2. The van der Waals surface area contributed by atoms with Gasteiger partial charge in [0.15, 0.2) is 5.65 Å². The molecule has 1 fully saturated rings. The maximum atomic E-state index is 4.56. The van der Waals surface area contributed by atoms with E-state index in [-0.39, 0.29) is 0 Å². The van der Waals surface area contributed by atoms with E-state index in [9.17, 15) is 0 Å². The molecule has 1 saturated carbocycles. The van der Waals surface area contributed by atoms with Gasteiger partial charge in [-0.2, -0.15) is 5.10 Å². The summed E-state index contributed by atoms with van der Waals surface area (Å²) in [5, 5.41) is 15.9. The van der Waals surface area contributed by atoms with Gasteiger partial charge >= 0.3 is 0 Å². The second-order valence-corrected chi connectivity index (χ2v) is 7.34. The lowest BCUT2D eigenvalue weighted by Crippen LogP contribution is -2.05. The van der Waals surface area contributed by atoms with E-state index in [0.29, 0.717) is 11.4 Å². The molecule has 9 nitrogen and oxygen atoms in total. The summed E-state index contributed by atoms with van der Waals surface area (Å²) in [6.45, 7) is 2.29. The molecule has 5 rings (SSSR count). The standard InChI is InChI=1S/C18H19N9/c1-18(5-6-18)10-16-25-24-15-9-13(20-11-27(15)16)12-3-7-19-17(22-12)23-14-4-8-21-26(14)2/h3-4,7-9,11H,5-6,10H2,1-2H3,(H,19,22,23). The number of fused-ring (bicyclic) bond motifs is 1. The van der Waals surface area contributed by atoms with Gasteiger partial charge in [0.2, 0.25) is 5.95 Å². The highest BCUT2D eigenvalue weighted by Gasteiger charge is 2.38. The van der Waals surface area contributed by atoms with Crippen LogP contribution in [0.3, 0.4) is 0 Å². The summed E-state index contributed by atoms with van der Waals surface area (Å²) in [5.41, 5.74) is 2.60. The maximum Gasteiger partial charge on any atom is 0.228 e. The molecule has 4 aromatic heterocycles. The average Bonchev–Trinajstić information content (AvgIpc) is 3.07. The molecule has 0 radical (unpaired) electrons. The van der Waals surface area contributed by atoms with E-state index in [1.54, 1.807) is 23.4 Å². The molecule has 1 aliphatic carbocycles. The van der Waals surface area contributed by atoms with Crippen LogP contribution in [-0.4, -0.2) is 39.3 Å². The molecule has 0 spiro atoms. The molecule has 136 valence electrons. The van der Waals surface area contributed by atoms with Gasteiger partial charge in [0.1, 0.15) is 18.0 Å². The molecule has 0 bridgehead atoms. The number of nitrogens with one attached hydrogen (secondary N) is 1. The number of hydrogen-bond donors (Lipinski definition) is 1. The smallest absolute Gasteiger partial charge is 0.228 e. The topological polar surface area (TPSA) is 98.7 Å². The molecule has 1 N–H and O–H groups in total. The highest BCUT2D eigenvalue weighted by molar-refractivity contribution is 5.61. The minimum absolute atomic E-state index is 0.376. The Kier molecular flexibility index (Phi) is 3.43. The third-order valence-corrected chi connectivity index (χ3v) is 5.04. The summed E-state index contributed by atoms with van der Waals surface area (Å²) in [5.74, 6) is 2.26. The molecule has 0 aromatic carbocycles. The second kappa shape index (κ2) is 5.83. The van der Waals surface area contributed by atoms with Crippen molar-refractivity contribution in [3.05, 3.63) is 42.7 Å². The summed E-state index contributed by atoms with van der Waals surface area (Å²) >= 11 is 0. The monoisotopic (exact) mass is 361 g/mol. The van der Waals surface area contributed by atoms with E-state index in [2.05, 4.69) is 42.5 Å². The number of nitrogens with zero attached hydrogens (tertiary/aromatic N) is 8. The molecule has 1 aliphatic rings. The fraction of sp³-hybridized carbons (Fsp3) is 0.333. The Morgan fingerprint density at radius 2 is 2.00 bits per heavy atom. The summed E-state index contributed by atoms with van der Waals surface area (Å²) in [6.07, 6.45) is 8.63. The van der Waals surface area contributed by atoms with Crippen molar-refractivity contribution in [1.29, 1.82) is 0 Å². The first-order valence-corrected chi connectivity index (χ1v) is 8.88. The molecular weight excluding hydrogens is 342 g/mol. The number of aromatic nitrogens is 8. The van der Waals surface area contributed by atoms with Gasteiger partial charge < -0.3 is 5.32 Å². The van der Waals surface area contributed by atoms with Crippen molar-refractivity contribution in [2.75, 3.05) is 5.32 Å². The highest BCUT2D eigenvalue weighted by Crippen LogP contribution is 2.47. The van der Waals surface area contributed by atoms with Crippen molar-refractivity contribution in [3.8, 4) is 11.4 Å². The van der Waals surface area contributed by atoms with Crippen LogP contribution >= 0.6 is 0 Å². The fourth-order valence-electron chi connectivity index (χ4n) is 3.05.